The molecular weight excluding hydrogens is 266 g/mol. The fraction of sp³-hybridized carbons (Fsp3) is 0.900. The van der Waals surface area contributed by atoms with Crippen molar-refractivity contribution in [2.24, 2.45) is 5.41 Å². The molecule has 0 saturated carbocycles. The van der Waals surface area contributed by atoms with Gasteiger partial charge in [0.2, 0.25) is 9.05 Å². The van der Waals surface area contributed by atoms with Crippen LogP contribution in [-0.4, -0.2) is 42.4 Å². The first kappa shape index (κ1) is 14.6. The van der Waals surface area contributed by atoms with Crippen molar-refractivity contribution in [3.05, 3.63) is 0 Å². The monoisotopic (exact) mass is 283 g/mol. The van der Waals surface area contributed by atoms with Gasteiger partial charge in [0.15, 0.2) is 0 Å². The maximum atomic E-state index is 11.3. The molecule has 0 aliphatic carbocycles. The van der Waals surface area contributed by atoms with Gasteiger partial charge in [0.05, 0.1) is 5.25 Å². The molecule has 1 aliphatic rings. The molecule has 0 radical (unpaired) electrons. The fourth-order valence-corrected chi connectivity index (χ4v) is 3.52. The van der Waals surface area contributed by atoms with Crippen LogP contribution in [0, 0.1) is 5.41 Å². The molecule has 5 nitrogen and oxygen atoms in total. The number of carboxylic acid groups (broad SMARTS) is 1. The minimum atomic E-state index is -3.62. The van der Waals surface area contributed by atoms with Gasteiger partial charge in [-0.15, -0.1) is 0 Å². The number of carbonyl (C=O) groups is 1. The van der Waals surface area contributed by atoms with E-state index in [-0.39, 0.29) is 30.8 Å². The third kappa shape index (κ3) is 3.48. The molecule has 1 rings (SSSR count). The van der Waals surface area contributed by atoms with Crippen LogP contribution < -0.4 is 0 Å². The maximum Gasteiger partial charge on any atom is 0.407 e. The molecule has 0 aromatic rings. The summed E-state index contributed by atoms with van der Waals surface area (Å²) in [5, 5.41) is 8.46. The lowest BCUT2D eigenvalue weighted by molar-refractivity contribution is 0.0606. The smallest absolute Gasteiger partial charge is 0.407 e. The molecule has 2 unspecified atom stereocenters. The van der Waals surface area contributed by atoms with Gasteiger partial charge in [-0.05, 0) is 18.3 Å². The van der Waals surface area contributed by atoms with Crippen LogP contribution in [0.2, 0.25) is 0 Å². The van der Waals surface area contributed by atoms with E-state index in [0.29, 0.717) is 0 Å². The van der Waals surface area contributed by atoms with E-state index in [2.05, 4.69) is 0 Å². The van der Waals surface area contributed by atoms with E-state index >= 15 is 0 Å². The zero-order chi connectivity index (χ0) is 13.4. The molecule has 0 aromatic carbocycles. The molecule has 7 heteroatoms. The van der Waals surface area contributed by atoms with Crippen LogP contribution in [0.3, 0.4) is 0 Å². The van der Waals surface area contributed by atoms with Crippen molar-refractivity contribution < 1.29 is 18.3 Å². The summed E-state index contributed by atoms with van der Waals surface area (Å²) >= 11 is 0. The largest absolute Gasteiger partial charge is 0.465 e. The number of likely N-dealkylation sites (tertiary alicyclic amines) is 1. The molecule has 1 heterocycles. The first-order valence-corrected chi connectivity index (χ1v) is 7.84. The molecule has 1 fully saturated rings. The minimum Gasteiger partial charge on any atom is -0.465 e. The third-order valence-corrected chi connectivity index (χ3v) is 5.18. The predicted octanol–water partition coefficient (Wildman–Crippen LogP) is 2.11. The Bertz CT molecular complexity index is 401. The van der Waals surface area contributed by atoms with Crippen LogP contribution in [0.25, 0.3) is 0 Å². The van der Waals surface area contributed by atoms with Crippen LogP contribution >= 0.6 is 10.7 Å². The Balaban J connectivity index is 2.96. The van der Waals surface area contributed by atoms with Crippen LogP contribution in [-0.2, 0) is 9.05 Å². The van der Waals surface area contributed by atoms with Gasteiger partial charge in [-0.25, -0.2) is 13.2 Å². The molecule has 1 N–H and O–H groups in total. The lowest BCUT2D eigenvalue weighted by Gasteiger charge is -2.43. The van der Waals surface area contributed by atoms with Gasteiger partial charge in [0, 0.05) is 23.3 Å². The number of amides is 1. The lowest BCUT2D eigenvalue weighted by atomic mass is 9.80. The number of rotatable bonds is 1. The van der Waals surface area contributed by atoms with Gasteiger partial charge in [-0.3, -0.25) is 0 Å². The average Bonchev–Trinajstić information content (AvgIpc) is 2.14. The number of piperidine rings is 1. The Labute approximate surface area is 106 Å². The van der Waals surface area contributed by atoms with E-state index in [0.717, 1.165) is 0 Å². The van der Waals surface area contributed by atoms with Gasteiger partial charge in [-0.1, -0.05) is 20.8 Å². The zero-order valence-corrected chi connectivity index (χ0v) is 11.8. The van der Waals surface area contributed by atoms with Crippen molar-refractivity contribution in [3.8, 4) is 0 Å². The first-order chi connectivity index (χ1) is 7.53. The van der Waals surface area contributed by atoms with Gasteiger partial charge >= 0.3 is 6.09 Å². The molecular formula is C10H18ClNO4S. The van der Waals surface area contributed by atoms with Gasteiger partial charge in [0.1, 0.15) is 0 Å². The summed E-state index contributed by atoms with van der Waals surface area (Å²) in [7, 11) is 1.75. The van der Waals surface area contributed by atoms with Gasteiger partial charge in [0.25, 0.3) is 0 Å². The summed E-state index contributed by atoms with van der Waals surface area (Å²) in [4.78, 5) is 12.4. The average molecular weight is 284 g/mol. The molecule has 1 saturated heterocycles. The van der Waals surface area contributed by atoms with Crippen LogP contribution in [0.4, 0.5) is 4.79 Å². The predicted molar refractivity (Wildman–Crippen MR) is 65.8 cm³/mol. The summed E-state index contributed by atoms with van der Waals surface area (Å²) < 4.78 is 22.7. The Hall–Kier alpha value is -0.490. The molecule has 2 atom stereocenters. The number of hydrogen-bond donors (Lipinski definition) is 1. The van der Waals surface area contributed by atoms with E-state index in [1.807, 2.05) is 20.8 Å². The quantitative estimate of drug-likeness (QED) is 0.748. The summed E-state index contributed by atoms with van der Waals surface area (Å²) in [5.74, 6) is 0. The zero-order valence-electron chi connectivity index (χ0n) is 10.2. The second kappa shape index (κ2) is 4.65. The second-order valence-corrected chi connectivity index (χ2v) is 8.39. The van der Waals surface area contributed by atoms with E-state index in [4.69, 9.17) is 15.8 Å². The molecule has 1 aliphatic heterocycles. The van der Waals surface area contributed by atoms with Crippen molar-refractivity contribution in [2.75, 3.05) is 6.54 Å². The van der Waals surface area contributed by atoms with Crippen LogP contribution in [0.1, 0.15) is 33.6 Å². The molecule has 100 valence electrons. The number of nitrogens with zero attached hydrogens (tertiary/aromatic N) is 1. The standard InChI is InChI=1S/C10H18ClNO4S/c1-10(2,3)8-6-7(17(11,15)16)4-5-12(8)9(13)14/h7-8H,4-6H2,1-3H3,(H,13,14). The highest BCUT2D eigenvalue weighted by atomic mass is 35.7. The van der Waals surface area contributed by atoms with Gasteiger partial charge < -0.3 is 10.0 Å². The lowest BCUT2D eigenvalue weighted by Crippen LogP contribution is -2.53. The minimum absolute atomic E-state index is 0.216. The normalized spacial score (nSPS) is 26.9. The first-order valence-electron chi connectivity index (χ1n) is 5.46. The van der Waals surface area contributed by atoms with E-state index in [1.165, 1.54) is 4.90 Å². The Morgan fingerprint density at radius 3 is 2.29 bits per heavy atom. The Kier molecular flexibility index (Phi) is 3.98. The topological polar surface area (TPSA) is 74.7 Å². The molecule has 0 aromatic heterocycles. The van der Waals surface area contributed by atoms with Crippen molar-refractivity contribution >= 4 is 25.8 Å². The second-order valence-electron chi connectivity index (χ2n) is 5.48. The summed E-state index contributed by atoms with van der Waals surface area (Å²) in [6.45, 7) is 5.92. The van der Waals surface area contributed by atoms with Crippen molar-refractivity contribution in [1.29, 1.82) is 0 Å². The van der Waals surface area contributed by atoms with Crippen molar-refractivity contribution in [2.45, 2.75) is 44.9 Å². The third-order valence-electron chi connectivity index (χ3n) is 3.20. The molecule has 0 spiro atoms. The van der Waals surface area contributed by atoms with Crippen molar-refractivity contribution in [1.82, 2.24) is 4.90 Å². The summed E-state index contributed by atoms with van der Waals surface area (Å²) in [6.07, 6.45) is -0.470. The van der Waals surface area contributed by atoms with Crippen LogP contribution in [0.15, 0.2) is 0 Å². The summed E-state index contributed by atoms with van der Waals surface area (Å²) in [6, 6.07) is -0.327. The highest BCUT2D eigenvalue weighted by Gasteiger charge is 2.42. The van der Waals surface area contributed by atoms with Crippen molar-refractivity contribution in [3.63, 3.8) is 0 Å². The maximum absolute atomic E-state index is 11.3. The molecule has 0 bridgehead atoms. The summed E-state index contributed by atoms with van der Waals surface area (Å²) in [5.41, 5.74) is -0.307. The Morgan fingerprint density at radius 1 is 1.41 bits per heavy atom. The fourth-order valence-electron chi connectivity index (χ4n) is 2.24. The van der Waals surface area contributed by atoms with E-state index < -0.39 is 20.4 Å². The SMILES string of the molecule is CC(C)(C)C1CC(S(=O)(=O)Cl)CCN1C(=O)O. The van der Waals surface area contributed by atoms with E-state index in [1.54, 1.807) is 0 Å². The van der Waals surface area contributed by atoms with Crippen LogP contribution in [0.5, 0.6) is 0 Å². The number of halogens is 1. The molecule has 1 amide bonds. The Morgan fingerprint density at radius 2 is 1.94 bits per heavy atom. The highest BCUT2D eigenvalue weighted by Crippen LogP contribution is 2.35. The molecule has 17 heavy (non-hydrogen) atoms. The van der Waals surface area contributed by atoms with Gasteiger partial charge in [-0.2, -0.15) is 0 Å². The number of hydrogen-bond acceptors (Lipinski definition) is 3. The highest BCUT2D eigenvalue weighted by molar-refractivity contribution is 8.14. The van der Waals surface area contributed by atoms with E-state index in [9.17, 15) is 13.2 Å².